The largest absolute Gasteiger partial charge is 0.262 e. The molecule has 0 N–H and O–H groups in total. The van der Waals surface area contributed by atoms with E-state index in [1.807, 2.05) is 0 Å². The maximum Gasteiger partial charge on any atom is 0.262 e. The van der Waals surface area contributed by atoms with Crippen LogP contribution in [0.1, 0.15) is 0 Å². The number of hydrogen-bond acceptors (Lipinski definition) is 2. The summed E-state index contributed by atoms with van der Waals surface area (Å²) in [7, 11) is 1.000. The van der Waals surface area contributed by atoms with Crippen LogP contribution in [0.25, 0.3) is 0 Å². The van der Waals surface area contributed by atoms with Crippen LogP contribution >= 0.6 is 38.2 Å². The predicted molar refractivity (Wildman–Crippen MR) is 52.1 cm³/mol. The van der Waals surface area contributed by atoms with E-state index in [4.69, 9.17) is 22.3 Å². The zero-order valence-electron chi connectivity index (χ0n) is 5.89. The van der Waals surface area contributed by atoms with Crippen molar-refractivity contribution < 1.29 is 12.8 Å². The lowest BCUT2D eigenvalue weighted by Gasteiger charge is -2.01. The second kappa shape index (κ2) is 3.73. The summed E-state index contributed by atoms with van der Waals surface area (Å²) < 4.78 is 34.8. The molecule has 0 unspecified atom stereocenters. The van der Waals surface area contributed by atoms with Crippen molar-refractivity contribution in [2.45, 2.75) is 4.90 Å². The van der Waals surface area contributed by atoms with Crippen molar-refractivity contribution in [3.05, 3.63) is 27.4 Å². The summed E-state index contributed by atoms with van der Waals surface area (Å²) in [6.45, 7) is 0. The molecule has 1 aromatic carbocycles. The van der Waals surface area contributed by atoms with Crippen LogP contribution in [-0.2, 0) is 9.05 Å². The Morgan fingerprint density at radius 3 is 2.38 bits per heavy atom. The molecule has 0 amide bonds. The molecule has 0 spiro atoms. The van der Waals surface area contributed by atoms with E-state index in [0.717, 1.165) is 12.1 Å². The van der Waals surface area contributed by atoms with Gasteiger partial charge in [-0.05, 0) is 12.1 Å². The minimum Gasteiger partial charge on any atom is -0.207 e. The van der Waals surface area contributed by atoms with E-state index in [1.54, 1.807) is 0 Å². The summed E-state index contributed by atoms with van der Waals surface area (Å²) in [5.74, 6) is -0.838. The number of halogens is 4. The monoisotopic (exact) mass is 306 g/mol. The molecular formula is C6H2BrCl2FO2S. The van der Waals surface area contributed by atoms with Gasteiger partial charge in [0.15, 0.2) is 0 Å². The maximum absolute atomic E-state index is 12.9. The van der Waals surface area contributed by atoms with Crippen molar-refractivity contribution in [1.82, 2.24) is 0 Å². The minimum atomic E-state index is -4.01. The lowest BCUT2D eigenvalue weighted by atomic mass is 10.3. The fourth-order valence-electron chi connectivity index (χ4n) is 0.710. The van der Waals surface area contributed by atoms with Gasteiger partial charge in [-0.2, -0.15) is 0 Å². The second-order valence-electron chi connectivity index (χ2n) is 2.14. The van der Waals surface area contributed by atoms with E-state index < -0.39 is 24.8 Å². The zero-order valence-corrected chi connectivity index (χ0v) is 9.81. The Balaban J connectivity index is 3.56. The van der Waals surface area contributed by atoms with E-state index >= 15 is 0 Å². The average Bonchev–Trinajstić information content (AvgIpc) is 1.94. The van der Waals surface area contributed by atoms with E-state index in [2.05, 4.69) is 15.9 Å². The Labute approximate surface area is 92.2 Å². The Hall–Kier alpha value is 0.160. The Bertz CT molecular complexity index is 446. The summed E-state index contributed by atoms with van der Waals surface area (Å²) >= 11 is 8.31. The standard InChI is InChI=1S/C6H2BrCl2FO2S/c7-3-1-4(10)6(8)5(2-3)13(9,11)12/h1-2H. The molecule has 7 heteroatoms. The summed E-state index contributed by atoms with van der Waals surface area (Å²) in [6, 6.07) is 2.18. The first kappa shape index (κ1) is 11.2. The smallest absolute Gasteiger partial charge is 0.207 e. The Morgan fingerprint density at radius 1 is 1.38 bits per heavy atom. The van der Waals surface area contributed by atoms with Crippen molar-refractivity contribution in [2.75, 3.05) is 0 Å². The molecule has 0 aliphatic carbocycles. The highest BCUT2D eigenvalue weighted by molar-refractivity contribution is 9.10. The van der Waals surface area contributed by atoms with Crippen LogP contribution in [0.3, 0.4) is 0 Å². The molecule has 2 nitrogen and oxygen atoms in total. The minimum absolute atomic E-state index is 0.258. The SMILES string of the molecule is O=S(=O)(Cl)c1cc(Br)cc(F)c1Cl. The number of hydrogen-bond donors (Lipinski definition) is 0. The molecule has 0 bridgehead atoms. The first-order valence-corrected chi connectivity index (χ1v) is 6.39. The Kier molecular flexibility index (Phi) is 3.22. The van der Waals surface area contributed by atoms with E-state index in [9.17, 15) is 12.8 Å². The van der Waals surface area contributed by atoms with E-state index in [0.29, 0.717) is 0 Å². The molecule has 13 heavy (non-hydrogen) atoms. The van der Waals surface area contributed by atoms with Crippen LogP contribution in [0.4, 0.5) is 4.39 Å². The molecule has 0 saturated carbocycles. The van der Waals surface area contributed by atoms with Gasteiger partial charge in [0.1, 0.15) is 10.7 Å². The molecule has 0 fully saturated rings. The van der Waals surface area contributed by atoms with Crippen molar-refractivity contribution >= 4 is 47.3 Å². The summed E-state index contributed by atoms with van der Waals surface area (Å²) in [6.07, 6.45) is 0. The van der Waals surface area contributed by atoms with Crippen molar-refractivity contribution in [2.24, 2.45) is 0 Å². The number of benzene rings is 1. The molecule has 0 heterocycles. The molecule has 0 aromatic heterocycles. The first-order chi connectivity index (χ1) is 5.82. The van der Waals surface area contributed by atoms with E-state index in [1.165, 1.54) is 0 Å². The van der Waals surface area contributed by atoms with Crippen molar-refractivity contribution in [3.8, 4) is 0 Å². The highest BCUT2D eigenvalue weighted by Gasteiger charge is 2.18. The topological polar surface area (TPSA) is 34.1 Å². The zero-order chi connectivity index (χ0) is 10.2. The third-order valence-electron chi connectivity index (χ3n) is 1.22. The molecule has 72 valence electrons. The van der Waals surface area contributed by atoms with E-state index in [-0.39, 0.29) is 4.47 Å². The van der Waals surface area contributed by atoms with Crippen LogP contribution in [-0.4, -0.2) is 8.42 Å². The molecule has 1 aromatic rings. The maximum atomic E-state index is 12.9. The van der Waals surface area contributed by atoms with Crippen LogP contribution in [0, 0.1) is 5.82 Å². The molecule has 0 aliphatic rings. The predicted octanol–water partition coefficient (Wildman–Crippen LogP) is 3.17. The van der Waals surface area contributed by atoms with Gasteiger partial charge in [0.05, 0.1) is 5.02 Å². The van der Waals surface area contributed by atoms with Gasteiger partial charge in [-0.1, -0.05) is 27.5 Å². The molecule has 0 atom stereocenters. The summed E-state index contributed by atoms with van der Waals surface area (Å²) in [5, 5.41) is -0.502. The quantitative estimate of drug-likeness (QED) is 0.590. The van der Waals surface area contributed by atoms with Gasteiger partial charge >= 0.3 is 0 Å². The lowest BCUT2D eigenvalue weighted by Crippen LogP contribution is -1.94. The van der Waals surface area contributed by atoms with Gasteiger partial charge in [-0.25, -0.2) is 12.8 Å². The summed E-state index contributed by atoms with van der Waals surface area (Å²) in [4.78, 5) is -0.442. The fraction of sp³-hybridized carbons (Fsp3) is 0. The van der Waals surface area contributed by atoms with Crippen LogP contribution in [0.5, 0.6) is 0 Å². The highest BCUT2D eigenvalue weighted by Crippen LogP contribution is 2.30. The molecule has 1 rings (SSSR count). The van der Waals surface area contributed by atoms with Gasteiger partial charge < -0.3 is 0 Å². The second-order valence-corrected chi connectivity index (χ2v) is 5.97. The van der Waals surface area contributed by atoms with Gasteiger partial charge in [-0.3, -0.25) is 0 Å². The first-order valence-electron chi connectivity index (χ1n) is 2.91. The Morgan fingerprint density at radius 2 is 1.92 bits per heavy atom. The van der Waals surface area contributed by atoms with Crippen molar-refractivity contribution in [1.29, 1.82) is 0 Å². The third-order valence-corrected chi connectivity index (χ3v) is 3.52. The van der Waals surface area contributed by atoms with Crippen LogP contribution in [0.15, 0.2) is 21.5 Å². The van der Waals surface area contributed by atoms with Crippen molar-refractivity contribution in [3.63, 3.8) is 0 Å². The molecule has 0 aliphatic heterocycles. The highest BCUT2D eigenvalue weighted by atomic mass is 79.9. The van der Waals surface area contributed by atoms with Gasteiger partial charge in [-0.15, -0.1) is 0 Å². The van der Waals surface area contributed by atoms with Gasteiger partial charge in [0, 0.05) is 15.2 Å². The fourth-order valence-corrected chi connectivity index (χ4v) is 2.77. The normalized spacial score (nSPS) is 11.7. The molecule has 0 radical (unpaired) electrons. The average molecular weight is 308 g/mol. The summed E-state index contributed by atoms with van der Waals surface area (Å²) in [5.41, 5.74) is 0. The third kappa shape index (κ3) is 2.56. The molecular weight excluding hydrogens is 306 g/mol. The lowest BCUT2D eigenvalue weighted by molar-refractivity contribution is 0.602. The molecule has 0 saturated heterocycles. The van der Waals surface area contributed by atoms with Gasteiger partial charge in [0.25, 0.3) is 9.05 Å². The van der Waals surface area contributed by atoms with Crippen LogP contribution < -0.4 is 0 Å². The van der Waals surface area contributed by atoms with Crippen LogP contribution in [0.2, 0.25) is 5.02 Å². The number of rotatable bonds is 1. The van der Waals surface area contributed by atoms with Gasteiger partial charge in [0.2, 0.25) is 0 Å².